The third kappa shape index (κ3) is 5.60. The van der Waals surface area contributed by atoms with E-state index >= 15 is 0 Å². The van der Waals surface area contributed by atoms with Gasteiger partial charge < -0.3 is 10.6 Å². The van der Waals surface area contributed by atoms with Crippen molar-refractivity contribution in [1.82, 2.24) is 0 Å². The van der Waals surface area contributed by atoms with Gasteiger partial charge in [0.1, 0.15) is 0 Å². The lowest BCUT2D eigenvalue weighted by Crippen LogP contribution is -2.24. The zero-order valence-electron chi connectivity index (χ0n) is 15.2. The Morgan fingerprint density at radius 2 is 1.69 bits per heavy atom. The van der Waals surface area contributed by atoms with E-state index in [1.54, 1.807) is 42.5 Å². The van der Waals surface area contributed by atoms with Crippen LogP contribution in [-0.2, 0) is 4.79 Å². The summed E-state index contributed by atoms with van der Waals surface area (Å²) in [5.41, 5.74) is 1.61. The van der Waals surface area contributed by atoms with Crippen molar-refractivity contribution in [1.29, 1.82) is 0 Å². The summed E-state index contributed by atoms with van der Waals surface area (Å²) in [6.07, 6.45) is 3.72. The van der Waals surface area contributed by atoms with E-state index in [2.05, 4.69) is 17.6 Å². The molecule has 4 nitrogen and oxygen atoms in total. The van der Waals surface area contributed by atoms with Gasteiger partial charge in [0.2, 0.25) is 5.91 Å². The van der Waals surface area contributed by atoms with Crippen LogP contribution >= 0.6 is 11.6 Å². The minimum Gasteiger partial charge on any atom is -0.325 e. The van der Waals surface area contributed by atoms with E-state index < -0.39 is 0 Å². The Kier molecular flexibility index (Phi) is 7.67. The largest absolute Gasteiger partial charge is 0.325 e. The molecule has 0 saturated carbocycles. The predicted molar refractivity (Wildman–Crippen MR) is 108 cm³/mol. The first-order chi connectivity index (χ1) is 12.5. The number of nitrogens with one attached hydrogen (secondary N) is 2. The fourth-order valence-electron chi connectivity index (χ4n) is 2.73. The van der Waals surface area contributed by atoms with Crippen molar-refractivity contribution >= 4 is 34.8 Å². The van der Waals surface area contributed by atoms with Gasteiger partial charge in [0.05, 0.1) is 11.3 Å². The minimum absolute atomic E-state index is 0.0345. The Morgan fingerprint density at radius 3 is 2.35 bits per heavy atom. The van der Waals surface area contributed by atoms with Gasteiger partial charge in [0, 0.05) is 16.6 Å². The highest BCUT2D eigenvalue weighted by molar-refractivity contribution is 6.30. The number of hydrogen-bond donors (Lipinski definition) is 2. The normalized spacial score (nSPS) is 11.7. The first-order valence-electron chi connectivity index (χ1n) is 9.02. The summed E-state index contributed by atoms with van der Waals surface area (Å²) in [7, 11) is 0. The van der Waals surface area contributed by atoms with E-state index in [1.165, 1.54) is 0 Å². The number of anilines is 2. The topological polar surface area (TPSA) is 58.2 Å². The molecule has 0 heterocycles. The van der Waals surface area contributed by atoms with Gasteiger partial charge in [0.25, 0.3) is 5.91 Å². The zero-order chi connectivity index (χ0) is 18.9. The molecule has 2 amide bonds. The molecule has 0 spiro atoms. The number of unbranched alkanes of at least 4 members (excludes halogenated alkanes) is 1. The molecule has 1 atom stereocenters. The average molecular weight is 373 g/mol. The van der Waals surface area contributed by atoms with Crippen LogP contribution in [0.1, 0.15) is 49.9 Å². The van der Waals surface area contributed by atoms with E-state index in [0.717, 1.165) is 25.7 Å². The summed E-state index contributed by atoms with van der Waals surface area (Å²) in [5, 5.41) is 6.36. The quantitative estimate of drug-likeness (QED) is 0.620. The van der Waals surface area contributed by atoms with Gasteiger partial charge in [0.15, 0.2) is 0 Å². The van der Waals surface area contributed by atoms with Crippen molar-refractivity contribution in [2.45, 2.75) is 39.5 Å². The van der Waals surface area contributed by atoms with Gasteiger partial charge in [-0.2, -0.15) is 0 Å². The van der Waals surface area contributed by atoms with Crippen molar-refractivity contribution in [3.05, 3.63) is 59.1 Å². The van der Waals surface area contributed by atoms with E-state index in [9.17, 15) is 9.59 Å². The maximum absolute atomic E-state index is 12.6. The van der Waals surface area contributed by atoms with Crippen LogP contribution in [0.4, 0.5) is 11.4 Å². The highest BCUT2D eigenvalue weighted by Crippen LogP contribution is 2.21. The minimum atomic E-state index is -0.273. The number of rotatable bonds is 8. The molecule has 2 rings (SSSR count). The van der Waals surface area contributed by atoms with E-state index in [-0.39, 0.29) is 17.7 Å². The third-order valence-electron chi connectivity index (χ3n) is 4.30. The monoisotopic (exact) mass is 372 g/mol. The summed E-state index contributed by atoms with van der Waals surface area (Å²) in [6, 6.07) is 13.9. The van der Waals surface area contributed by atoms with Gasteiger partial charge >= 0.3 is 0 Å². The van der Waals surface area contributed by atoms with Crippen molar-refractivity contribution in [3.8, 4) is 0 Å². The molecule has 0 aromatic heterocycles. The van der Waals surface area contributed by atoms with Crippen LogP contribution in [0.25, 0.3) is 0 Å². The summed E-state index contributed by atoms with van der Waals surface area (Å²) in [6.45, 7) is 4.13. The van der Waals surface area contributed by atoms with Crippen molar-refractivity contribution < 1.29 is 9.59 Å². The molecule has 0 fully saturated rings. The van der Waals surface area contributed by atoms with Gasteiger partial charge in [-0.3, -0.25) is 9.59 Å². The lowest BCUT2D eigenvalue weighted by Gasteiger charge is -2.16. The number of amides is 2. The molecule has 0 bridgehead atoms. The maximum Gasteiger partial charge on any atom is 0.257 e. The Hall–Kier alpha value is -2.33. The third-order valence-corrected chi connectivity index (χ3v) is 4.55. The number of carbonyl (C=O) groups is 2. The predicted octanol–water partition coefficient (Wildman–Crippen LogP) is 5.75. The molecule has 5 heteroatoms. The van der Waals surface area contributed by atoms with Crippen LogP contribution in [0.3, 0.4) is 0 Å². The standard InChI is InChI=1S/C21H25ClN2O2/c1-3-5-8-15(4-2)20(25)24-19-10-7-6-9-18(19)21(26)23-17-13-11-16(22)12-14-17/h6-7,9-15H,3-5,8H2,1-2H3,(H,23,26)(H,24,25)/t15-/m1/s1. The zero-order valence-corrected chi connectivity index (χ0v) is 16.0. The number of benzene rings is 2. The smallest absolute Gasteiger partial charge is 0.257 e. The summed E-state index contributed by atoms with van der Waals surface area (Å²) >= 11 is 5.87. The number of carbonyl (C=O) groups excluding carboxylic acids is 2. The Labute approximate surface area is 159 Å². The van der Waals surface area contributed by atoms with Crippen LogP contribution in [0.5, 0.6) is 0 Å². The molecule has 0 aliphatic heterocycles. The molecule has 26 heavy (non-hydrogen) atoms. The lowest BCUT2D eigenvalue weighted by molar-refractivity contribution is -0.120. The van der Waals surface area contributed by atoms with Crippen molar-refractivity contribution in [2.24, 2.45) is 5.92 Å². The number of halogens is 1. The fourth-order valence-corrected chi connectivity index (χ4v) is 2.85. The highest BCUT2D eigenvalue weighted by Gasteiger charge is 2.19. The molecular weight excluding hydrogens is 348 g/mol. The van der Waals surface area contributed by atoms with Crippen molar-refractivity contribution in [3.63, 3.8) is 0 Å². The SMILES string of the molecule is CCCC[C@@H](CC)C(=O)Nc1ccccc1C(=O)Nc1ccc(Cl)cc1. The van der Waals surface area contributed by atoms with Gasteiger partial charge in [-0.15, -0.1) is 0 Å². The molecule has 0 aliphatic rings. The molecule has 0 saturated heterocycles. The van der Waals surface area contributed by atoms with E-state index in [0.29, 0.717) is 22.0 Å². The van der Waals surface area contributed by atoms with E-state index in [1.807, 2.05) is 13.0 Å². The number of hydrogen-bond acceptors (Lipinski definition) is 2. The molecule has 0 unspecified atom stereocenters. The fraction of sp³-hybridized carbons (Fsp3) is 0.333. The second-order valence-corrected chi connectivity index (χ2v) is 6.68. The van der Waals surface area contributed by atoms with E-state index in [4.69, 9.17) is 11.6 Å². The molecule has 0 aliphatic carbocycles. The van der Waals surface area contributed by atoms with Gasteiger partial charge in [-0.25, -0.2) is 0 Å². The lowest BCUT2D eigenvalue weighted by atomic mass is 9.98. The first-order valence-corrected chi connectivity index (χ1v) is 9.39. The van der Waals surface area contributed by atoms with Gasteiger partial charge in [-0.05, 0) is 49.2 Å². The second kappa shape index (κ2) is 9.97. The Balaban J connectivity index is 2.12. The first kappa shape index (κ1) is 20.0. The highest BCUT2D eigenvalue weighted by atomic mass is 35.5. The Morgan fingerprint density at radius 1 is 1.00 bits per heavy atom. The molecular formula is C21H25ClN2O2. The molecule has 2 N–H and O–H groups in total. The second-order valence-electron chi connectivity index (χ2n) is 6.24. The van der Waals surface area contributed by atoms with Crippen LogP contribution < -0.4 is 10.6 Å². The van der Waals surface area contributed by atoms with Crippen LogP contribution in [0, 0.1) is 5.92 Å². The molecule has 2 aromatic carbocycles. The number of para-hydroxylation sites is 1. The summed E-state index contributed by atoms with van der Waals surface area (Å²) in [4.78, 5) is 25.2. The van der Waals surface area contributed by atoms with Crippen LogP contribution in [0.2, 0.25) is 5.02 Å². The van der Waals surface area contributed by atoms with Crippen LogP contribution in [0.15, 0.2) is 48.5 Å². The summed E-state index contributed by atoms with van der Waals surface area (Å²) in [5.74, 6) is -0.347. The van der Waals surface area contributed by atoms with Crippen molar-refractivity contribution in [2.75, 3.05) is 10.6 Å². The maximum atomic E-state index is 12.6. The average Bonchev–Trinajstić information content (AvgIpc) is 2.64. The molecule has 2 aromatic rings. The Bertz CT molecular complexity index is 744. The van der Waals surface area contributed by atoms with Crippen LogP contribution in [-0.4, -0.2) is 11.8 Å². The molecule has 138 valence electrons. The summed E-state index contributed by atoms with van der Waals surface area (Å²) < 4.78 is 0. The van der Waals surface area contributed by atoms with Gasteiger partial charge in [-0.1, -0.05) is 50.4 Å². The molecule has 0 radical (unpaired) electrons.